The van der Waals surface area contributed by atoms with Gasteiger partial charge < -0.3 is 14.6 Å². The van der Waals surface area contributed by atoms with E-state index in [2.05, 4.69) is 22.4 Å². The summed E-state index contributed by atoms with van der Waals surface area (Å²) in [5, 5.41) is 2.94. The van der Waals surface area contributed by atoms with Crippen LogP contribution in [-0.2, 0) is 24.1 Å². The fourth-order valence-electron chi connectivity index (χ4n) is 4.21. The molecule has 2 aromatic heterocycles. The molecule has 1 aliphatic heterocycles. The number of hydrogen-bond acceptors (Lipinski definition) is 4. The van der Waals surface area contributed by atoms with Crippen LogP contribution in [0, 0.1) is 6.92 Å². The maximum atomic E-state index is 13.2. The van der Waals surface area contributed by atoms with Crippen LogP contribution in [0.5, 0.6) is 0 Å². The quantitative estimate of drug-likeness (QED) is 0.594. The van der Waals surface area contributed by atoms with Gasteiger partial charge in [0.2, 0.25) is 0 Å². The zero-order valence-corrected chi connectivity index (χ0v) is 18.4. The van der Waals surface area contributed by atoms with Crippen LogP contribution in [0.3, 0.4) is 0 Å². The molecule has 1 fully saturated rings. The topological polar surface area (TPSA) is 73.2 Å². The summed E-state index contributed by atoms with van der Waals surface area (Å²) < 4.78 is 7.67. The molecule has 1 aliphatic rings. The standard InChI is InChI=1S/C26H29N3O3/c1-19-16-24(30)25(26(31)28-17-22-11-7-15-32-22)23(13-12-20-8-3-2-4-9-20)29(19)18-21-10-5-6-14-27-21/h2-6,8-10,14,16,22H,7,11-13,15,17-18H2,1H3,(H,28,31). The van der Waals surface area contributed by atoms with Crippen LogP contribution >= 0.6 is 0 Å². The number of amides is 1. The average molecular weight is 432 g/mol. The largest absolute Gasteiger partial charge is 0.376 e. The Hall–Kier alpha value is -3.25. The van der Waals surface area contributed by atoms with E-state index in [1.165, 1.54) is 0 Å². The minimum absolute atomic E-state index is 0.0212. The number of ether oxygens (including phenoxy) is 1. The van der Waals surface area contributed by atoms with Crippen LogP contribution in [0.25, 0.3) is 0 Å². The van der Waals surface area contributed by atoms with Gasteiger partial charge in [0.05, 0.1) is 18.3 Å². The highest BCUT2D eigenvalue weighted by Gasteiger charge is 2.22. The molecule has 166 valence electrons. The van der Waals surface area contributed by atoms with E-state index in [0.29, 0.717) is 19.5 Å². The summed E-state index contributed by atoms with van der Waals surface area (Å²) in [6.45, 7) is 3.56. The van der Waals surface area contributed by atoms with Crippen molar-refractivity contribution in [2.24, 2.45) is 0 Å². The molecule has 32 heavy (non-hydrogen) atoms. The van der Waals surface area contributed by atoms with Crippen molar-refractivity contribution in [2.45, 2.75) is 45.3 Å². The van der Waals surface area contributed by atoms with Crippen LogP contribution < -0.4 is 10.7 Å². The number of pyridine rings is 2. The molecule has 1 atom stereocenters. The lowest BCUT2D eigenvalue weighted by molar-refractivity contribution is 0.0855. The van der Waals surface area contributed by atoms with Gasteiger partial charge in [-0.15, -0.1) is 0 Å². The van der Waals surface area contributed by atoms with Crippen LogP contribution in [0.2, 0.25) is 0 Å². The second kappa shape index (κ2) is 10.4. The van der Waals surface area contributed by atoms with E-state index in [9.17, 15) is 9.59 Å². The summed E-state index contributed by atoms with van der Waals surface area (Å²) in [6.07, 6.45) is 5.02. The number of hydrogen-bond donors (Lipinski definition) is 1. The summed E-state index contributed by atoms with van der Waals surface area (Å²) in [4.78, 5) is 30.6. The Kier molecular flexibility index (Phi) is 7.12. The highest BCUT2D eigenvalue weighted by Crippen LogP contribution is 2.16. The number of aryl methyl sites for hydroxylation is 2. The first kappa shape index (κ1) is 22.0. The monoisotopic (exact) mass is 431 g/mol. The molecule has 6 heteroatoms. The molecule has 1 unspecified atom stereocenters. The second-order valence-corrected chi connectivity index (χ2v) is 8.21. The van der Waals surface area contributed by atoms with Gasteiger partial charge in [0, 0.05) is 36.8 Å². The SMILES string of the molecule is Cc1cc(=O)c(C(=O)NCC2CCCO2)c(CCc2ccccc2)n1Cc1ccccn1. The number of nitrogens with zero attached hydrogens (tertiary/aromatic N) is 2. The minimum atomic E-state index is -0.330. The Morgan fingerprint density at radius 3 is 2.69 bits per heavy atom. The van der Waals surface area contributed by atoms with E-state index in [4.69, 9.17) is 4.74 Å². The van der Waals surface area contributed by atoms with E-state index in [1.807, 2.05) is 47.9 Å². The second-order valence-electron chi connectivity index (χ2n) is 8.21. The fourth-order valence-corrected chi connectivity index (χ4v) is 4.21. The highest BCUT2D eigenvalue weighted by molar-refractivity contribution is 5.95. The van der Waals surface area contributed by atoms with Gasteiger partial charge in [-0.2, -0.15) is 0 Å². The number of benzene rings is 1. The smallest absolute Gasteiger partial charge is 0.257 e. The van der Waals surface area contributed by atoms with Crippen molar-refractivity contribution in [3.8, 4) is 0 Å². The fraction of sp³-hybridized carbons (Fsp3) is 0.346. The van der Waals surface area contributed by atoms with Gasteiger partial charge in [-0.05, 0) is 50.3 Å². The Morgan fingerprint density at radius 2 is 1.97 bits per heavy atom. The molecule has 1 saturated heterocycles. The molecule has 1 aromatic carbocycles. The Bertz CT molecular complexity index is 1100. The molecule has 0 aliphatic carbocycles. The Labute approximate surface area is 188 Å². The molecular weight excluding hydrogens is 402 g/mol. The van der Waals surface area contributed by atoms with Gasteiger partial charge in [0.25, 0.3) is 5.91 Å². The lowest BCUT2D eigenvalue weighted by atomic mass is 10.0. The molecular formula is C26H29N3O3. The summed E-state index contributed by atoms with van der Waals surface area (Å²) in [5.41, 5.74) is 3.59. The number of nitrogens with one attached hydrogen (secondary N) is 1. The maximum Gasteiger partial charge on any atom is 0.257 e. The van der Waals surface area contributed by atoms with E-state index < -0.39 is 0 Å². The molecule has 1 amide bonds. The van der Waals surface area contributed by atoms with Gasteiger partial charge in [-0.25, -0.2) is 0 Å². The van der Waals surface area contributed by atoms with Crippen molar-refractivity contribution in [2.75, 3.05) is 13.2 Å². The average Bonchev–Trinajstić information content (AvgIpc) is 3.33. The summed E-state index contributed by atoms with van der Waals surface area (Å²) >= 11 is 0. The van der Waals surface area contributed by atoms with Crippen molar-refractivity contribution < 1.29 is 9.53 Å². The molecule has 3 heterocycles. The first-order chi connectivity index (χ1) is 15.6. The number of aromatic nitrogens is 2. The van der Waals surface area contributed by atoms with E-state index in [0.717, 1.165) is 48.5 Å². The normalized spacial score (nSPS) is 15.6. The van der Waals surface area contributed by atoms with Crippen molar-refractivity contribution in [3.05, 3.63) is 99.2 Å². The Balaban J connectivity index is 1.68. The van der Waals surface area contributed by atoms with Gasteiger partial charge in [0.1, 0.15) is 5.56 Å². The van der Waals surface area contributed by atoms with Gasteiger partial charge in [-0.3, -0.25) is 14.6 Å². The van der Waals surface area contributed by atoms with Crippen molar-refractivity contribution in [1.82, 2.24) is 14.9 Å². The number of carbonyl (C=O) groups is 1. The van der Waals surface area contributed by atoms with E-state index in [1.54, 1.807) is 12.3 Å². The van der Waals surface area contributed by atoms with E-state index >= 15 is 0 Å². The molecule has 1 N–H and O–H groups in total. The van der Waals surface area contributed by atoms with Gasteiger partial charge in [0.15, 0.2) is 5.43 Å². The minimum Gasteiger partial charge on any atom is -0.376 e. The summed E-state index contributed by atoms with van der Waals surface area (Å²) in [5.74, 6) is -0.330. The van der Waals surface area contributed by atoms with Crippen molar-refractivity contribution in [3.63, 3.8) is 0 Å². The molecule has 3 aromatic rings. The zero-order valence-electron chi connectivity index (χ0n) is 18.4. The van der Waals surface area contributed by atoms with E-state index in [-0.39, 0.29) is 23.0 Å². The molecule has 4 rings (SSSR count). The molecule has 0 radical (unpaired) electrons. The van der Waals surface area contributed by atoms with Crippen LogP contribution in [0.15, 0.2) is 65.6 Å². The van der Waals surface area contributed by atoms with Gasteiger partial charge >= 0.3 is 0 Å². The summed E-state index contributed by atoms with van der Waals surface area (Å²) in [6, 6.07) is 17.4. The predicted molar refractivity (Wildman–Crippen MR) is 124 cm³/mol. The Morgan fingerprint density at radius 1 is 1.16 bits per heavy atom. The first-order valence-corrected chi connectivity index (χ1v) is 11.2. The van der Waals surface area contributed by atoms with Crippen molar-refractivity contribution >= 4 is 5.91 Å². The zero-order chi connectivity index (χ0) is 22.3. The third kappa shape index (κ3) is 5.32. The third-order valence-corrected chi connectivity index (χ3v) is 5.91. The molecule has 6 nitrogen and oxygen atoms in total. The number of rotatable bonds is 8. The molecule has 0 spiro atoms. The lowest BCUT2D eigenvalue weighted by Gasteiger charge is -2.20. The number of carbonyl (C=O) groups excluding carboxylic acids is 1. The lowest BCUT2D eigenvalue weighted by Crippen LogP contribution is -2.37. The van der Waals surface area contributed by atoms with Crippen molar-refractivity contribution in [1.29, 1.82) is 0 Å². The first-order valence-electron chi connectivity index (χ1n) is 11.2. The maximum absolute atomic E-state index is 13.2. The molecule has 0 bridgehead atoms. The molecule has 0 saturated carbocycles. The van der Waals surface area contributed by atoms with Gasteiger partial charge in [-0.1, -0.05) is 36.4 Å². The van der Waals surface area contributed by atoms with Crippen LogP contribution in [0.4, 0.5) is 0 Å². The van der Waals surface area contributed by atoms with Crippen LogP contribution in [0.1, 0.15) is 45.8 Å². The predicted octanol–water partition coefficient (Wildman–Crippen LogP) is 3.29. The third-order valence-electron chi connectivity index (χ3n) is 5.91. The van der Waals surface area contributed by atoms with Crippen LogP contribution in [-0.4, -0.2) is 34.7 Å². The highest BCUT2D eigenvalue weighted by atomic mass is 16.5. The summed E-state index contributed by atoms with van der Waals surface area (Å²) in [7, 11) is 0.